The van der Waals surface area contributed by atoms with E-state index in [-0.39, 0.29) is 117 Å². The number of aromatic nitrogens is 1. The largest absolute Gasteiger partial charge is 0.491 e. The lowest BCUT2D eigenvalue weighted by Crippen LogP contribution is -2.45. The number of esters is 1. The molecule has 1 saturated heterocycles. The third-order valence-corrected chi connectivity index (χ3v) is 15.8. The smallest absolute Gasteiger partial charge is 0.326 e. The van der Waals surface area contributed by atoms with Gasteiger partial charge in [0.15, 0.2) is 5.78 Å². The third kappa shape index (κ3) is 28.5. The number of carboxylic acid groups (broad SMARTS) is 1. The Labute approximate surface area is 518 Å². The van der Waals surface area contributed by atoms with Crippen molar-refractivity contribution in [2.75, 3.05) is 125 Å². The molecule has 5 N–H and O–H groups in total. The number of aliphatic carboxylic acids is 1. The SMILES string of the molecule is CSC1CC(=O)N(CCC(=O)NCCOCCOCCOCCOc2ccc(C3=NNC(C)C4CCC(OC(=O)CCC(=O)NC(CCCCNC(=O)CCOCCOCCOCCOCCCC(=O)c5ccc([18F])nc5)C(=O)O)CCCC34)cc2)C1=O. The van der Waals surface area contributed by atoms with E-state index in [4.69, 9.17) is 47.7 Å². The van der Waals surface area contributed by atoms with Crippen molar-refractivity contribution in [3.8, 4) is 5.75 Å². The van der Waals surface area contributed by atoms with E-state index in [1.54, 1.807) is 6.26 Å². The molecule has 2 fully saturated rings. The average Bonchev–Trinajstić information content (AvgIpc) is 1.39. The van der Waals surface area contributed by atoms with E-state index in [1.807, 2.05) is 24.3 Å². The number of carbonyl (C=O) groups excluding carboxylic acids is 7. The molecule has 6 unspecified atom stereocenters. The normalized spacial score (nSPS) is 18.7. The Morgan fingerprint density at radius 2 is 1.33 bits per heavy atom. The lowest BCUT2D eigenvalue weighted by molar-refractivity contribution is -0.151. The molecule has 88 heavy (non-hydrogen) atoms. The van der Waals surface area contributed by atoms with Crippen LogP contribution in [0.2, 0.25) is 0 Å². The highest BCUT2D eigenvalue weighted by molar-refractivity contribution is 8.00. The lowest BCUT2D eigenvalue weighted by Gasteiger charge is -2.39. The summed E-state index contributed by atoms with van der Waals surface area (Å²) in [4.78, 5) is 103. The number of benzene rings is 1. The number of imide groups is 1. The van der Waals surface area contributed by atoms with Crippen LogP contribution in [0.4, 0.5) is 4.39 Å². The molecule has 1 aromatic carbocycles. The summed E-state index contributed by atoms with van der Waals surface area (Å²) in [5, 5.41) is 22.2. The quantitative estimate of drug-likeness (QED) is 0.0204. The molecule has 27 heteroatoms. The number of thioether (sulfide) groups is 1. The van der Waals surface area contributed by atoms with Gasteiger partial charge in [0, 0.05) is 82.1 Å². The van der Waals surface area contributed by atoms with Gasteiger partial charge in [0.2, 0.25) is 35.5 Å². The van der Waals surface area contributed by atoms with Crippen LogP contribution < -0.4 is 26.1 Å². The molecule has 0 spiro atoms. The Morgan fingerprint density at radius 3 is 1.98 bits per heavy atom. The summed E-state index contributed by atoms with van der Waals surface area (Å²) in [6, 6.07) is 9.39. The monoisotopic (exact) mass is 1260 g/mol. The number of ether oxygens (including phenoxy) is 9. The minimum absolute atomic E-state index is 0.0518. The van der Waals surface area contributed by atoms with E-state index in [0.29, 0.717) is 149 Å². The minimum atomic E-state index is -1.19. The van der Waals surface area contributed by atoms with Gasteiger partial charge in [-0.1, -0.05) is 0 Å². The molecule has 3 heterocycles. The van der Waals surface area contributed by atoms with Gasteiger partial charge in [0.1, 0.15) is 24.5 Å². The van der Waals surface area contributed by atoms with E-state index in [0.717, 1.165) is 41.5 Å². The van der Waals surface area contributed by atoms with Gasteiger partial charge in [-0.2, -0.15) is 21.3 Å². The maximum absolute atomic E-state index is 13.0. The van der Waals surface area contributed by atoms with Crippen LogP contribution in [-0.4, -0.2) is 216 Å². The summed E-state index contributed by atoms with van der Waals surface area (Å²) < 4.78 is 63.3. The van der Waals surface area contributed by atoms with E-state index >= 15 is 0 Å². The zero-order valence-corrected chi connectivity index (χ0v) is 51.7. The van der Waals surface area contributed by atoms with Crippen molar-refractivity contribution in [3.63, 3.8) is 0 Å². The highest BCUT2D eigenvalue weighted by atomic mass is 32.2. The molecule has 6 atom stereocenters. The number of fused-ring (bicyclic) bond motifs is 1. The number of carbonyl (C=O) groups is 8. The first-order valence-corrected chi connectivity index (χ1v) is 31.9. The molecule has 2 aliphatic heterocycles. The number of hydrazone groups is 1. The lowest BCUT2D eigenvalue weighted by atomic mass is 9.73. The molecule has 0 bridgehead atoms. The first-order valence-electron chi connectivity index (χ1n) is 30.6. The van der Waals surface area contributed by atoms with E-state index in [1.165, 1.54) is 24.0 Å². The molecule has 1 saturated carbocycles. The number of hydrogen-bond acceptors (Lipinski definition) is 21. The predicted octanol–water partition coefficient (Wildman–Crippen LogP) is 4.21. The number of rotatable bonds is 46. The number of likely N-dealkylation sites (tertiary alicyclic amines) is 1. The fourth-order valence-electron chi connectivity index (χ4n) is 10.0. The van der Waals surface area contributed by atoms with Gasteiger partial charge in [-0.25, -0.2) is 9.78 Å². The Bertz CT molecular complexity index is 2480. The first kappa shape index (κ1) is 72.5. The standard InChI is InChI=1S/C61H90FN7O18S/c1-43-48-17-16-47(7-5-8-49(48)59(68-67-43)44-11-14-46(15-12-44)86-40-39-85-38-37-84-34-31-81-28-24-64-54(71)21-25-69-57(74)41-52(88-2)60(69)76)87-58(75)20-19-56(73)66-50(61(77)78)9-3-4-23-63-55(72)22-27-80-30-33-83-36-35-82-32-29-79-26-6-10-51(70)45-13-18-53(62)65-42-45/h11-15,18,42-43,47-50,52,67H,3-10,16-17,19-41H2,1-2H3,(H,63,72)(H,64,71)(H,66,73)(H,77,78)/i62-1. The number of carboxylic acids is 1. The van der Waals surface area contributed by atoms with Crippen molar-refractivity contribution in [3.05, 3.63) is 59.7 Å². The maximum atomic E-state index is 13.0. The zero-order chi connectivity index (χ0) is 63.1. The van der Waals surface area contributed by atoms with Crippen LogP contribution >= 0.6 is 11.8 Å². The summed E-state index contributed by atoms with van der Waals surface area (Å²) >= 11 is 1.34. The molecule has 5 amide bonds. The summed E-state index contributed by atoms with van der Waals surface area (Å²) in [5.74, 6) is -2.78. The summed E-state index contributed by atoms with van der Waals surface area (Å²) in [7, 11) is 0. The molecule has 1 aliphatic carbocycles. The van der Waals surface area contributed by atoms with Gasteiger partial charge >= 0.3 is 11.9 Å². The van der Waals surface area contributed by atoms with Crippen molar-refractivity contribution in [2.45, 2.75) is 127 Å². The topological polar surface area (TPSA) is 316 Å². The number of pyridine rings is 1. The van der Waals surface area contributed by atoms with Gasteiger partial charge in [0.05, 0.1) is 103 Å². The summed E-state index contributed by atoms with van der Waals surface area (Å²) in [6.07, 6.45) is 8.39. The second-order valence-corrected chi connectivity index (χ2v) is 22.4. The molecular weight excluding hydrogens is 1170 g/mol. The average molecular weight is 1260 g/mol. The second-order valence-electron chi connectivity index (χ2n) is 21.3. The Morgan fingerprint density at radius 1 is 0.693 bits per heavy atom. The number of hydrogen-bond donors (Lipinski definition) is 5. The van der Waals surface area contributed by atoms with Crippen molar-refractivity contribution in [2.24, 2.45) is 16.9 Å². The molecule has 2 aromatic rings. The fourth-order valence-corrected chi connectivity index (χ4v) is 10.7. The molecular formula is C61H90FN7O18S. The second kappa shape index (κ2) is 42.7. The maximum Gasteiger partial charge on any atom is 0.326 e. The number of nitrogens with one attached hydrogen (secondary N) is 4. The first-order chi connectivity index (χ1) is 42.7. The van der Waals surface area contributed by atoms with Crippen LogP contribution in [0.15, 0.2) is 47.7 Å². The highest BCUT2D eigenvalue weighted by Gasteiger charge is 2.39. The number of Topliss-reactive ketones (excluding diaryl/α,β-unsaturated/α-hetero) is 1. The van der Waals surface area contributed by atoms with E-state index in [9.17, 15) is 47.9 Å². The molecule has 3 aliphatic rings. The van der Waals surface area contributed by atoms with Crippen LogP contribution in [0.1, 0.15) is 119 Å². The highest BCUT2D eigenvalue weighted by Crippen LogP contribution is 2.36. The number of nitrogens with zero attached hydrogens (tertiary/aromatic N) is 3. The summed E-state index contributed by atoms with van der Waals surface area (Å²) in [5.41, 5.74) is 5.66. The van der Waals surface area contributed by atoms with Gasteiger partial charge in [-0.15, -0.1) is 0 Å². The van der Waals surface area contributed by atoms with E-state index < -0.39 is 29.8 Å². The van der Waals surface area contributed by atoms with Crippen molar-refractivity contribution in [1.82, 2.24) is 31.3 Å². The number of amides is 5. The molecule has 5 rings (SSSR count). The van der Waals surface area contributed by atoms with E-state index in [2.05, 4.69) is 33.3 Å². The Kier molecular flexibility index (Phi) is 35.2. The fraction of sp³-hybridized carbons (Fsp3) is 0.672. The molecule has 0 radical (unpaired) electrons. The molecule has 25 nitrogen and oxygen atoms in total. The van der Waals surface area contributed by atoms with Crippen LogP contribution in [0.25, 0.3) is 0 Å². The van der Waals surface area contributed by atoms with Crippen LogP contribution in [-0.2, 0) is 71.5 Å². The van der Waals surface area contributed by atoms with Crippen LogP contribution in [0, 0.1) is 17.8 Å². The number of halogens is 1. The number of unbranched alkanes of at least 4 members (excludes halogenated alkanes) is 1. The zero-order valence-electron chi connectivity index (χ0n) is 50.9. The Hall–Kier alpha value is -6.20. The predicted molar refractivity (Wildman–Crippen MR) is 321 cm³/mol. The molecule has 490 valence electrons. The van der Waals surface area contributed by atoms with Gasteiger partial charge in [-0.05, 0) is 119 Å². The van der Waals surface area contributed by atoms with Gasteiger partial charge in [-0.3, -0.25) is 38.5 Å². The van der Waals surface area contributed by atoms with Gasteiger partial charge in [0.25, 0.3) is 0 Å². The molecule has 1 aromatic heterocycles. The van der Waals surface area contributed by atoms with Gasteiger partial charge < -0.3 is 69.1 Å². The Balaban J connectivity index is 0.816. The van der Waals surface area contributed by atoms with Crippen molar-refractivity contribution < 1.29 is 90.5 Å². The number of ketones is 1. The van der Waals surface area contributed by atoms with Crippen LogP contribution in [0.5, 0.6) is 5.75 Å². The minimum Gasteiger partial charge on any atom is -0.491 e. The summed E-state index contributed by atoms with van der Waals surface area (Å²) in [6.45, 7) is 8.04. The third-order valence-electron chi connectivity index (χ3n) is 14.8. The van der Waals surface area contributed by atoms with Crippen molar-refractivity contribution in [1.29, 1.82) is 0 Å². The van der Waals surface area contributed by atoms with Crippen molar-refractivity contribution >= 4 is 64.7 Å². The van der Waals surface area contributed by atoms with Crippen LogP contribution in [0.3, 0.4) is 0 Å².